The van der Waals surface area contributed by atoms with Crippen LogP contribution >= 0.6 is 24.4 Å². The van der Waals surface area contributed by atoms with Gasteiger partial charge >= 0.3 is 0 Å². The number of phenolic OH excluding ortho intramolecular Hbond substituents is 1. The topological polar surface area (TPSA) is 112 Å². The minimum Gasteiger partial charge on any atom is -0.507 e. The second-order valence-corrected chi connectivity index (χ2v) is 8.22. The van der Waals surface area contributed by atoms with Crippen molar-refractivity contribution in [2.24, 2.45) is 10.2 Å². The molecule has 5 N–H and O–H groups in total. The number of phenols is 1. The van der Waals surface area contributed by atoms with Crippen molar-refractivity contribution in [3.8, 4) is 17.2 Å². The maximum Gasteiger partial charge on any atom is 0.191 e. The SMILES string of the molecule is COc1cccc(NC(=S)NN=Cc2cc(C)cc(/C=N\NC(=S)Nc3cccc(OC)c3)c2O)c1. The maximum absolute atomic E-state index is 10.7. The second kappa shape index (κ2) is 13.0. The van der Waals surface area contributed by atoms with Crippen LogP contribution in [0.3, 0.4) is 0 Å². The van der Waals surface area contributed by atoms with Crippen molar-refractivity contribution in [2.75, 3.05) is 24.9 Å². The maximum atomic E-state index is 10.7. The standard InChI is InChI=1S/C25H26N6O3S2/c1-16-10-17(14-26-30-24(35)28-19-6-4-8-21(12-19)33-2)23(32)18(11-16)15-27-31-25(36)29-20-7-5-9-22(13-20)34-3/h4-15,32H,1-3H3,(H2,28,30,35)(H2,29,31,36)/b26-14-,27-15?. The van der Waals surface area contributed by atoms with Gasteiger partial charge < -0.3 is 25.2 Å². The molecule has 0 aliphatic carbocycles. The van der Waals surface area contributed by atoms with Crippen molar-refractivity contribution >= 4 is 58.5 Å². The number of aryl methyl sites for hydroxylation is 1. The molecule has 0 aliphatic heterocycles. The molecule has 0 heterocycles. The van der Waals surface area contributed by atoms with Crippen LogP contribution in [-0.2, 0) is 0 Å². The van der Waals surface area contributed by atoms with Crippen molar-refractivity contribution in [1.82, 2.24) is 10.9 Å². The van der Waals surface area contributed by atoms with Gasteiger partial charge in [0.25, 0.3) is 0 Å². The van der Waals surface area contributed by atoms with Crippen LogP contribution in [0.25, 0.3) is 0 Å². The van der Waals surface area contributed by atoms with Crippen molar-refractivity contribution in [3.63, 3.8) is 0 Å². The molecule has 11 heteroatoms. The van der Waals surface area contributed by atoms with E-state index < -0.39 is 0 Å². The lowest BCUT2D eigenvalue weighted by molar-refractivity contribution is 0.415. The molecule has 0 spiro atoms. The zero-order valence-corrected chi connectivity index (χ0v) is 21.5. The highest BCUT2D eigenvalue weighted by Gasteiger charge is 2.07. The summed E-state index contributed by atoms with van der Waals surface area (Å²) in [5.41, 5.74) is 8.86. The Morgan fingerprint density at radius 3 is 1.64 bits per heavy atom. The summed E-state index contributed by atoms with van der Waals surface area (Å²) in [5.74, 6) is 1.42. The van der Waals surface area contributed by atoms with Crippen molar-refractivity contribution in [2.45, 2.75) is 6.92 Å². The molecule has 3 aromatic carbocycles. The summed E-state index contributed by atoms with van der Waals surface area (Å²) >= 11 is 10.5. The molecular weight excluding hydrogens is 496 g/mol. The molecule has 3 aromatic rings. The fraction of sp³-hybridized carbons (Fsp3) is 0.120. The summed E-state index contributed by atoms with van der Waals surface area (Å²) in [7, 11) is 3.19. The van der Waals surface area contributed by atoms with Gasteiger partial charge in [0.15, 0.2) is 10.2 Å². The van der Waals surface area contributed by atoms with E-state index >= 15 is 0 Å². The van der Waals surface area contributed by atoms with Crippen LogP contribution in [0.15, 0.2) is 70.9 Å². The normalized spacial score (nSPS) is 10.8. The summed E-state index contributed by atoms with van der Waals surface area (Å²) in [4.78, 5) is 0. The van der Waals surface area contributed by atoms with Gasteiger partial charge in [0, 0.05) is 34.6 Å². The summed E-state index contributed by atoms with van der Waals surface area (Å²) in [5, 5.41) is 25.5. The number of benzene rings is 3. The van der Waals surface area contributed by atoms with Crippen molar-refractivity contribution in [1.29, 1.82) is 0 Å². The zero-order valence-electron chi connectivity index (χ0n) is 19.9. The number of methoxy groups -OCH3 is 2. The lowest BCUT2D eigenvalue weighted by Crippen LogP contribution is -2.24. The van der Waals surface area contributed by atoms with Crippen LogP contribution in [0.2, 0.25) is 0 Å². The molecule has 0 amide bonds. The Kier molecular flexibility index (Phi) is 9.55. The first kappa shape index (κ1) is 26.4. The third-order valence-corrected chi connectivity index (χ3v) is 5.09. The number of aromatic hydroxyl groups is 1. The molecule has 0 aromatic heterocycles. The minimum atomic E-state index is 0.00930. The van der Waals surface area contributed by atoms with Crippen LogP contribution in [-0.4, -0.2) is 42.0 Å². The average molecular weight is 523 g/mol. The van der Waals surface area contributed by atoms with E-state index in [1.807, 2.05) is 55.5 Å². The fourth-order valence-corrected chi connectivity index (χ4v) is 3.41. The van der Waals surface area contributed by atoms with Gasteiger partial charge in [-0.05, 0) is 73.3 Å². The Balaban J connectivity index is 1.59. The van der Waals surface area contributed by atoms with E-state index in [2.05, 4.69) is 31.7 Å². The van der Waals surface area contributed by atoms with Crippen molar-refractivity contribution in [3.05, 3.63) is 77.4 Å². The summed E-state index contributed by atoms with van der Waals surface area (Å²) in [6.45, 7) is 1.90. The van der Waals surface area contributed by atoms with Gasteiger partial charge in [-0.3, -0.25) is 10.9 Å². The fourth-order valence-electron chi connectivity index (χ4n) is 3.07. The molecule has 0 saturated carbocycles. The molecule has 3 rings (SSSR count). The lowest BCUT2D eigenvalue weighted by Gasteiger charge is -2.09. The Bertz CT molecular complexity index is 1200. The summed E-state index contributed by atoms with van der Waals surface area (Å²) in [6.07, 6.45) is 2.95. The number of hydrogen-bond donors (Lipinski definition) is 5. The number of hydrazone groups is 2. The predicted molar refractivity (Wildman–Crippen MR) is 153 cm³/mol. The number of hydrogen-bond acceptors (Lipinski definition) is 7. The van der Waals surface area contributed by atoms with Gasteiger partial charge in [0.2, 0.25) is 0 Å². The Hall–Kier alpha value is -4.22. The van der Waals surface area contributed by atoms with Crippen molar-refractivity contribution < 1.29 is 14.6 Å². The molecule has 0 unspecified atom stereocenters. The Labute approximate surface area is 220 Å². The quantitative estimate of drug-likeness (QED) is 0.167. The number of thiocarbonyl (C=S) groups is 2. The van der Waals surface area contributed by atoms with Crippen LogP contribution in [0, 0.1) is 6.92 Å². The summed E-state index contributed by atoms with van der Waals surface area (Å²) in [6, 6.07) is 18.3. The smallest absolute Gasteiger partial charge is 0.191 e. The zero-order chi connectivity index (χ0) is 25.9. The van der Waals surface area contributed by atoms with E-state index in [0.29, 0.717) is 22.6 Å². The summed E-state index contributed by atoms with van der Waals surface area (Å²) < 4.78 is 10.4. The predicted octanol–water partition coefficient (Wildman–Crippen LogP) is 4.36. The van der Waals surface area contributed by atoms with Crippen LogP contribution in [0.4, 0.5) is 11.4 Å². The molecule has 0 bridgehead atoms. The molecule has 0 aliphatic rings. The van der Waals surface area contributed by atoms with Crippen LogP contribution in [0.1, 0.15) is 16.7 Å². The van der Waals surface area contributed by atoms with Gasteiger partial charge in [-0.2, -0.15) is 10.2 Å². The Morgan fingerprint density at radius 1 is 0.778 bits per heavy atom. The number of ether oxygens (including phenoxy) is 2. The third kappa shape index (κ3) is 7.93. The number of nitrogens with zero attached hydrogens (tertiary/aromatic N) is 2. The van der Waals surface area contributed by atoms with Gasteiger partial charge in [0.05, 0.1) is 26.6 Å². The van der Waals surface area contributed by atoms with Gasteiger partial charge in [-0.15, -0.1) is 0 Å². The molecule has 36 heavy (non-hydrogen) atoms. The second-order valence-electron chi connectivity index (χ2n) is 7.40. The highest BCUT2D eigenvalue weighted by atomic mass is 32.1. The number of rotatable bonds is 8. The van der Waals surface area contributed by atoms with E-state index in [1.165, 1.54) is 12.4 Å². The van der Waals surface area contributed by atoms with E-state index in [-0.39, 0.29) is 16.0 Å². The number of nitrogens with one attached hydrogen (secondary N) is 4. The molecule has 0 atom stereocenters. The first-order valence-electron chi connectivity index (χ1n) is 10.7. The largest absolute Gasteiger partial charge is 0.507 e. The van der Waals surface area contributed by atoms with Gasteiger partial charge in [-0.25, -0.2) is 0 Å². The minimum absolute atomic E-state index is 0.00930. The molecule has 0 saturated heterocycles. The van der Waals surface area contributed by atoms with E-state index in [0.717, 1.165) is 16.9 Å². The molecule has 0 radical (unpaired) electrons. The third-order valence-electron chi connectivity index (χ3n) is 4.71. The van der Waals surface area contributed by atoms with E-state index in [1.54, 1.807) is 26.4 Å². The number of anilines is 2. The highest BCUT2D eigenvalue weighted by molar-refractivity contribution is 7.80. The lowest BCUT2D eigenvalue weighted by atomic mass is 10.1. The van der Waals surface area contributed by atoms with Crippen LogP contribution in [0.5, 0.6) is 17.2 Å². The first-order chi connectivity index (χ1) is 17.4. The molecular formula is C25H26N6O3S2. The molecule has 186 valence electrons. The average Bonchev–Trinajstić information content (AvgIpc) is 2.86. The monoisotopic (exact) mass is 522 g/mol. The Morgan fingerprint density at radius 2 is 1.22 bits per heavy atom. The van der Waals surface area contributed by atoms with Gasteiger partial charge in [-0.1, -0.05) is 12.1 Å². The van der Waals surface area contributed by atoms with E-state index in [9.17, 15) is 5.11 Å². The van der Waals surface area contributed by atoms with Gasteiger partial charge in [0.1, 0.15) is 17.2 Å². The van der Waals surface area contributed by atoms with Crippen LogP contribution < -0.4 is 31.0 Å². The highest BCUT2D eigenvalue weighted by Crippen LogP contribution is 2.22. The first-order valence-corrected chi connectivity index (χ1v) is 11.5. The molecule has 0 fully saturated rings. The molecule has 9 nitrogen and oxygen atoms in total. The van der Waals surface area contributed by atoms with E-state index in [4.69, 9.17) is 33.9 Å².